The molecule has 1 atom stereocenters. The van der Waals surface area contributed by atoms with E-state index in [0.29, 0.717) is 6.54 Å². The van der Waals surface area contributed by atoms with Crippen LogP contribution in [0, 0.1) is 6.92 Å². The molecule has 2 rings (SSSR count). The molecule has 0 spiro atoms. The number of ether oxygens (including phenoxy) is 1. The van der Waals surface area contributed by atoms with Crippen molar-refractivity contribution in [3.63, 3.8) is 0 Å². The number of rotatable bonds is 9. The van der Waals surface area contributed by atoms with Gasteiger partial charge in [-0.15, -0.1) is 0 Å². The summed E-state index contributed by atoms with van der Waals surface area (Å²) in [5, 5.41) is 10.9. The molecular weight excluding hydrogens is 326 g/mol. The minimum atomic E-state index is 0.204. The number of hydrogen-bond acceptors (Lipinski definition) is 3. The smallest absolute Gasteiger partial charge is 0.191 e. The van der Waals surface area contributed by atoms with Crippen LogP contribution in [0.3, 0.4) is 0 Å². The molecule has 6 heteroatoms. The number of nitrogens with zero attached hydrogens (tertiary/aromatic N) is 3. The number of benzene rings is 1. The van der Waals surface area contributed by atoms with Gasteiger partial charge in [-0.05, 0) is 44.4 Å². The fraction of sp³-hybridized carbons (Fsp3) is 0.500. The topological polar surface area (TPSA) is 63.5 Å². The molecule has 1 unspecified atom stereocenters. The van der Waals surface area contributed by atoms with Crippen molar-refractivity contribution >= 4 is 5.96 Å². The molecule has 0 radical (unpaired) electrons. The third kappa shape index (κ3) is 6.43. The van der Waals surface area contributed by atoms with Crippen molar-refractivity contribution in [2.75, 3.05) is 13.6 Å². The molecule has 0 fully saturated rings. The normalized spacial score (nSPS) is 12.7. The van der Waals surface area contributed by atoms with E-state index in [2.05, 4.69) is 59.7 Å². The van der Waals surface area contributed by atoms with Crippen LogP contribution in [0.25, 0.3) is 0 Å². The second-order valence-electron chi connectivity index (χ2n) is 6.42. The first kappa shape index (κ1) is 19.8. The molecule has 0 amide bonds. The lowest BCUT2D eigenvalue weighted by molar-refractivity contribution is 0.215. The van der Waals surface area contributed by atoms with Crippen molar-refractivity contribution in [3.8, 4) is 5.75 Å². The summed E-state index contributed by atoms with van der Waals surface area (Å²) in [5.41, 5.74) is 2.34. The average Bonchev–Trinajstić information content (AvgIpc) is 3.15. The van der Waals surface area contributed by atoms with E-state index in [1.807, 2.05) is 16.9 Å². The second-order valence-corrected chi connectivity index (χ2v) is 6.42. The molecule has 26 heavy (non-hydrogen) atoms. The van der Waals surface area contributed by atoms with Crippen molar-refractivity contribution < 1.29 is 4.74 Å². The lowest BCUT2D eigenvalue weighted by atomic mass is 10.1. The number of aryl methyl sites for hydroxylation is 2. The minimum absolute atomic E-state index is 0.204. The molecule has 1 heterocycles. The molecule has 0 bridgehead atoms. The van der Waals surface area contributed by atoms with Gasteiger partial charge in [-0.2, -0.15) is 5.10 Å². The largest absolute Gasteiger partial charge is 0.490 e. The van der Waals surface area contributed by atoms with Crippen molar-refractivity contribution in [1.82, 2.24) is 20.4 Å². The fourth-order valence-electron chi connectivity index (χ4n) is 2.50. The molecule has 1 aromatic heterocycles. The van der Waals surface area contributed by atoms with Crippen molar-refractivity contribution in [1.29, 1.82) is 0 Å². The molecule has 6 nitrogen and oxygen atoms in total. The SMILES string of the molecule is CCC(C)Oc1cc(C)ccc1CNC(=NC)NCCCn1cccn1. The van der Waals surface area contributed by atoms with Crippen molar-refractivity contribution in [3.05, 3.63) is 47.8 Å². The third-order valence-electron chi connectivity index (χ3n) is 4.21. The van der Waals surface area contributed by atoms with Gasteiger partial charge in [0.1, 0.15) is 5.75 Å². The number of guanidine groups is 1. The maximum atomic E-state index is 6.07. The highest BCUT2D eigenvalue weighted by Crippen LogP contribution is 2.22. The maximum absolute atomic E-state index is 6.07. The van der Waals surface area contributed by atoms with Crippen LogP contribution in [0.15, 0.2) is 41.7 Å². The third-order valence-corrected chi connectivity index (χ3v) is 4.21. The molecule has 0 aliphatic heterocycles. The lowest BCUT2D eigenvalue weighted by Gasteiger charge is -2.18. The summed E-state index contributed by atoms with van der Waals surface area (Å²) in [6.07, 6.45) is 5.95. The number of aliphatic imine (C=N–C) groups is 1. The minimum Gasteiger partial charge on any atom is -0.490 e. The van der Waals surface area contributed by atoms with Crippen LogP contribution in [-0.2, 0) is 13.1 Å². The Morgan fingerprint density at radius 2 is 2.19 bits per heavy atom. The summed E-state index contributed by atoms with van der Waals surface area (Å²) in [5.74, 6) is 1.74. The van der Waals surface area contributed by atoms with Crippen molar-refractivity contribution in [2.45, 2.75) is 52.8 Å². The van der Waals surface area contributed by atoms with E-state index in [1.165, 1.54) is 5.56 Å². The van der Waals surface area contributed by atoms with Crippen molar-refractivity contribution in [2.24, 2.45) is 4.99 Å². The average molecular weight is 358 g/mol. The molecule has 0 saturated carbocycles. The monoisotopic (exact) mass is 357 g/mol. The summed E-state index contributed by atoms with van der Waals surface area (Å²) in [6, 6.07) is 8.27. The Hall–Kier alpha value is -2.50. The van der Waals surface area contributed by atoms with E-state index in [0.717, 1.165) is 43.2 Å². The van der Waals surface area contributed by atoms with Gasteiger partial charge in [0, 0.05) is 44.6 Å². The van der Waals surface area contributed by atoms with Crippen LogP contribution < -0.4 is 15.4 Å². The summed E-state index contributed by atoms with van der Waals surface area (Å²) >= 11 is 0. The Balaban J connectivity index is 1.83. The summed E-state index contributed by atoms with van der Waals surface area (Å²) in [7, 11) is 1.79. The van der Waals surface area contributed by atoms with Crippen LogP contribution >= 0.6 is 0 Å². The summed E-state index contributed by atoms with van der Waals surface area (Å²) in [6.45, 7) is 8.71. The maximum Gasteiger partial charge on any atom is 0.191 e. The van der Waals surface area contributed by atoms with Gasteiger partial charge in [0.2, 0.25) is 0 Å². The van der Waals surface area contributed by atoms with E-state index in [9.17, 15) is 0 Å². The predicted molar refractivity (Wildman–Crippen MR) is 107 cm³/mol. The van der Waals surface area contributed by atoms with Gasteiger partial charge >= 0.3 is 0 Å². The Kier molecular flexibility index (Phi) is 7.99. The molecule has 2 N–H and O–H groups in total. The molecule has 0 aliphatic carbocycles. The van der Waals surface area contributed by atoms with Gasteiger partial charge in [-0.25, -0.2) is 0 Å². The Morgan fingerprint density at radius 1 is 1.35 bits per heavy atom. The number of aromatic nitrogens is 2. The van der Waals surface area contributed by atoms with Gasteiger partial charge in [0.25, 0.3) is 0 Å². The quantitative estimate of drug-likeness (QED) is 0.411. The highest BCUT2D eigenvalue weighted by molar-refractivity contribution is 5.79. The second kappa shape index (κ2) is 10.5. The first-order valence-corrected chi connectivity index (χ1v) is 9.30. The van der Waals surface area contributed by atoms with Gasteiger partial charge in [-0.3, -0.25) is 9.67 Å². The number of hydrogen-bond donors (Lipinski definition) is 2. The van der Waals surface area contributed by atoms with Gasteiger partial charge in [0.15, 0.2) is 5.96 Å². The van der Waals surface area contributed by atoms with Crippen LogP contribution in [0.5, 0.6) is 5.75 Å². The zero-order valence-corrected chi connectivity index (χ0v) is 16.3. The summed E-state index contributed by atoms with van der Waals surface area (Å²) < 4.78 is 8.00. The highest BCUT2D eigenvalue weighted by Gasteiger charge is 2.08. The fourth-order valence-corrected chi connectivity index (χ4v) is 2.50. The zero-order chi connectivity index (χ0) is 18.8. The molecule has 142 valence electrons. The molecular formula is C20H31N5O. The molecule has 2 aromatic rings. The van der Waals surface area contributed by atoms with E-state index in [-0.39, 0.29) is 6.10 Å². The van der Waals surface area contributed by atoms with Crippen LogP contribution in [0.1, 0.15) is 37.8 Å². The Labute approximate surface area is 156 Å². The molecule has 0 saturated heterocycles. The summed E-state index contributed by atoms with van der Waals surface area (Å²) in [4.78, 5) is 4.29. The number of nitrogens with one attached hydrogen (secondary N) is 2. The van der Waals surface area contributed by atoms with E-state index in [1.54, 1.807) is 13.2 Å². The van der Waals surface area contributed by atoms with Gasteiger partial charge in [-0.1, -0.05) is 19.1 Å². The van der Waals surface area contributed by atoms with E-state index >= 15 is 0 Å². The zero-order valence-electron chi connectivity index (χ0n) is 16.3. The first-order chi connectivity index (χ1) is 12.6. The van der Waals surface area contributed by atoms with E-state index in [4.69, 9.17) is 4.74 Å². The van der Waals surface area contributed by atoms with E-state index < -0.39 is 0 Å². The van der Waals surface area contributed by atoms with Crippen LogP contribution in [-0.4, -0.2) is 35.4 Å². The molecule has 1 aromatic carbocycles. The first-order valence-electron chi connectivity index (χ1n) is 9.30. The Morgan fingerprint density at radius 3 is 2.88 bits per heavy atom. The van der Waals surface area contributed by atoms with Crippen LogP contribution in [0.4, 0.5) is 0 Å². The standard InChI is InChI=1S/C20H31N5O/c1-5-17(3)26-19-14-16(2)8-9-18(19)15-23-20(21-4)22-10-6-12-25-13-7-11-24-25/h7-9,11,13-14,17H,5-6,10,12,15H2,1-4H3,(H2,21,22,23). The van der Waals surface area contributed by atoms with Gasteiger partial charge in [0.05, 0.1) is 6.10 Å². The van der Waals surface area contributed by atoms with Gasteiger partial charge < -0.3 is 15.4 Å². The molecule has 0 aliphatic rings. The Bertz CT molecular complexity index is 682. The predicted octanol–water partition coefficient (Wildman–Crippen LogP) is 3.12. The lowest BCUT2D eigenvalue weighted by Crippen LogP contribution is -2.37. The van der Waals surface area contributed by atoms with Crippen LogP contribution in [0.2, 0.25) is 0 Å². The highest BCUT2D eigenvalue weighted by atomic mass is 16.5.